The Morgan fingerprint density at radius 3 is 1.22 bits per heavy atom. The second kappa shape index (κ2) is 61.6. The molecule has 29 nitrogen and oxygen atoms in total. The van der Waals surface area contributed by atoms with Crippen molar-refractivity contribution in [3.05, 3.63) is 189 Å². The highest BCUT2D eigenvalue weighted by Crippen LogP contribution is 2.42. The molecule has 704 valence electrons. The summed E-state index contributed by atoms with van der Waals surface area (Å²) in [5, 5.41) is 17.2. The van der Waals surface area contributed by atoms with Gasteiger partial charge in [-0.3, -0.25) is 4.79 Å². The first-order valence-electron chi connectivity index (χ1n) is 42.6. The van der Waals surface area contributed by atoms with E-state index in [1.54, 1.807) is 60.9 Å². The Balaban J connectivity index is 0.000000283. The molecule has 2 amide bonds. The molecule has 6 aromatic carbocycles. The minimum Gasteiger partial charge on any atom is -0.428 e. The number of sulfone groups is 1. The number of nitriles is 1. The first-order valence-corrected chi connectivity index (χ1v) is 49.5. The maximum absolute atomic E-state index is 12.8. The van der Waals surface area contributed by atoms with Crippen LogP contribution in [-0.2, 0) is 106 Å². The van der Waals surface area contributed by atoms with Gasteiger partial charge in [-0.1, -0.05) is 119 Å². The van der Waals surface area contributed by atoms with Crippen LogP contribution in [0.1, 0.15) is 139 Å². The Kier molecular flexibility index (Phi) is 53.2. The fraction of sp³-hybridized carbons (Fsp3) is 0.551. The van der Waals surface area contributed by atoms with Crippen molar-refractivity contribution < 1.29 is 87.0 Å². The molecule has 0 spiro atoms. The van der Waals surface area contributed by atoms with Crippen molar-refractivity contribution in [2.75, 3.05) is 211 Å². The molecule has 0 radical (unpaired) electrons. The number of benzene rings is 6. The number of nitrogens with zero attached hydrogens (tertiary/aromatic N) is 5. The number of fused-ring (bicyclic) bond motifs is 3. The van der Waals surface area contributed by atoms with E-state index in [2.05, 4.69) is 51.6 Å². The largest absolute Gasteiger partial charge is 0.428 e. The van der Waals surface area contributed by atoms with Crippen LogP contribution in [0.3, 0.4) is 0 Å². The van der Waals surface area contributed by atoms with Crippen molar-refractivity contribution >= 4 is 117 Å². The van der Waals surface area contributed by atoms with Crippen molar-refractivity contribution in [2.45, 2.75) is 124 Å². The standard InChI is InChI=1S/C34H50Cl2N4O7S.C25H33Cl2NO5S.C24H33Cl2N3O5S.C6H8N2O2/c1-3-7-28(41)8-5-4-6-13-37-34(42)38-14-16-45-18-20-47-21-19-46-17-15-39-48(43,44)29-11-9-26(10-12-29)31-24-40(2)25-32-30(31)22-27(35)23-33(32)36;1-3-31-10-11-33-13-12-32-9-4-14-34(29,30)21-7-5-19(6-8-21)23-17-28(2)18-24-22(23)15-20(26)16-25(24)27;1-29-16-22(21-14-19(25)15-24(26)23(21)17-29)18-2-4-20(5-3-18)35(30,31)28-7-9-33-11-13-34-12-10-32-8-6-27;7-5-10-4-2-1-3-8-6-9/h9-12,22-23,31,39H,3-8,13-21,24-25H2,1-2H3,(H2,37,38,42);5-8,15-16,23H,3-4,9-14,17-18H2,1-2H3;2-5,14-15,22,28H,6-13,16-17,27H2,1H3;1-4H2/t31-;23-;22-;/m000./s1. The van der Waals surface area contributed by atoms with Crippen LogP contribution in [0.5, 0.6) is 0 Å². The number of halogens is 6. The molecule has 0 unspecified atom stereocenters. The molecule has 9 rings (SSSR count). The molecule has 0 aromatic heterocycles. The van der Waals surface area contributed by atoms with Crippen LogP contribution >= 0.6 is 69.6 Å². The number of aliphatic imine (C=N–C) groups is 1. The average Bonchev–Trinajstić information content (AvgIpc) is 0.783. The Bertz CT molecular complexity index is 4710. The van der Waals surface area contributed by atoms with Gasteiger partial charge >= 0.3 is 6.03 Å². The quantitative estimate of drug-likeness (QED) is 0.0102. The van der Waals surface area contributed by atoms with Crippen molar-refractivity contribution in [3.63, 3.8) is 0 Å². The number of ether oxygens (including phenoxy) is 10. The van der Waals surface area contributed by atoms with Crippen molar-refractivity contribution in [2.24, 2.45) is 10.7 Å². The van der Waals surface area contributed by atoms with Gasteiger partial charge in [0, 0.05) is 146 Å². The highest BCUT2D eigenvalue weighted by atomic mass is 35.5. The number of urea groups is 1. The van der Waals surface area contributed by atoms with Gasteiger partial charge in [0.15, 0.2) is 9.84 Å². The summed E-state index contributed by atoms with van der Waals surface area (Å²) in [5.41, 5.74) is 14.8. The number of Topliss-reactive ketones (excluding diaryl/α,β-unsaturated/α-hetero) is 1. The maximum atomic E-state index is 12.8. The molecule has 0 saturated heterocycles. The lowest BCUT2D eigenvalue weighted by Crippen LogP contribution is -2.37. The predicted molar refractivity (Wildman–Crippen MR) is 496 cm³/mol. The highest BCUT2D eigenvalue weighted by Gasteiger charge is 2.32. The van der Waals surface area contributed by atoms with E-state index in [0.29, 0.717) is 199 Å². The molecule has 3 atom stereocenters. The number of nitrogens with two attached hydrogens (primary N) is 1. The molecule has 0 fully saturated rings. The molecule has 0 saturated carbocycles. The Labute approximate surface area is 780 Å². The molecule has 0 aliphatic carbocycles. The van der Waals surface area contributed by atoms with Crippen LogP contribution in [0.25, 0.3) is 0 Å². The molecule has 38 heteroatoms. The van der Waals surface area contributed by atoms with Gasteiger partial charge in [0.1, 0.15) is 12.4 Å². The predicted octanol–water partition coefficient (Wildman–Crippen LogP) is 13.4. The molecule has 127 heavy (non-hydrogen) atoms. The molecule has 6 N–H and O–H groups in total. The number of unbranched alkanes of at least 4 members (excludes halogenated alkanes) is 3. The third-order valence-electron chi connectivity index (χ3n) is 20.2. The van der Waals surface area contributed by atoms with E-state index >= 15 is 0 Å². The van der Waals surface area contributed by atoms with Crippen molar-refractivity contribution in [1.29, 1.82) is 5.26 Å². The van der Waals surface area contributed by atoms with E-state index in [9.17, 15) is 39.6 Å². The molecule has 3 aliphatic rings. The second-order valence-electron chi connectivity index (χ2n) is 30.1. The third kappa shape index (κ3) is 41.3. The number of hydrogen-bond acceptors (Lipinski definition) is 25. The first-order chi connectivity index (χ1) is 61.1. The van der Waals surface area contributed by atoms with Gasteiger partial charge in [-0.25, -0.2) is 49.3 Å². The smallest absolute Gasteiger partial charge is 0.314 e. The summed E-state index contributed by atoms with van der Waals surface area (Å²) < 4.78 is 134. The Morgan fingerprint density at radius 2 is 0.827 bits per heavy atom. The zero-order valence-electron chi connectivity index (χ0n) is 73.2. The Hall–Kier alpha value is -6.08. The van der Waals surface area contributed by atoms with Crippen molar-refractivity contribution in [3.8, 4) is 6.26 Å². The number of sulfonamides is 2. The normalized spacial score (nSPS) is 15.2. The van der Waals surface area contributed by atoms with E-state index in [1.165, 1.54) is 6.08 Å². The number of amides is 2. The van der Waals surface area contributed by atoms with Crippen LogP contribution in [0.4, 0.5) is 4.79 Å². The molecular formula is C89H124Cl6N10O19S3. The maximum Gasteiger partial charge on any atom is 0.314 e. The molecule has 3 aliphatic heterocycles. The molecule has 6 aromatic rings. The number of likely N-dealkylation sites (N-methyl/N-ethyl adjacent to an activating group) is 3. The summed E-state index contributed by atoms with van der Waals surface area (Å²) >= 11 is 38.2. The van der Waals surface area contributed by atoms with Gasteiger partial charge in [-0.05, 0) is 189 Å². The topological polar surface area (TPSA) is 366 Å². The van der Waals surface area contributed by atoms with Crippen molar-refractivity contribution in [1.82, 2.24) is 34.8 Å². The Morgan fingerprint density at radius 1 is 0.449 bits per heavy atom. The second-order valence-corrected chi connectivity index (χ2v) is 38.2. The monoisotopic (exact) mass is 1940 g/mol. The van der Waals surface area contributed by atoms with Gasteiger partial charge in [-0.15, -0.1) is 0 Å². The first kappa shape index (κ1) is 110. The lowest BCUT2D eigenvalue weighted by atomic mass is 9.85. The lowest BCUT2D eigenvalue weighted by Gasteiger charge is -2.33. The summed E-state index contributed by atoms with van der Waals surface area (Å²) in [6, 6.07) is 31.9. The van der Waals surface area contributed by atoms with Crippen LogP contribution in [0.2, 0.25) is 30.1 Å². The number of ketones is 1. The van der Waals surface area contributed by atoms with E-state index in [1.807, 2.05) is 82.5 Å². The van der Waals surface area contributed by atoms with Gasteiger partial charge in [-0.2, -0.15) is 5.26 Å². The fourth-order valence-electron chi connectivity index (χ4n) is 13.9. The fourth-order valence-corrected chi connectivity index (χ4v) is 18.9. The number of isocyanates is 1. The minimum atomic E-state index is -3.69. The van der Waals surface area contributed by atoms with Crippen LogP contribution in [0, 0.1) is 11.5 Å². The molecular weight excluding hydrogens is 1820 g/mol. The number of nitrogens with one attached hydrogen (secondary N) is 4. The third-order valence-corrected chi connectivity index (χ3v) is 26.6. The molecule has 3 heterocycles. The number of rotatable bonds is 55. The van der Waals surface area contributed by atoms with Gasteiger partial charge < -0.3 is 78.4 Å². The SMILES string of the molecule is CCCC(=O)CCCCCNC(=O)NCCOCCOCCOCCNS(=O)(=O)c1ccc([C@@H]2CN(C)Cc3c(Cl)cc(Cl)cc32)cc1.CCOCCOCCOCCCS(=O)(=O)c1ccc([C@@H]2CN(C)Cc3c(Cl)cc(Cl)cc32)cc1.CN1Cc2c(Cl)cc(Cl)cc2[C@H](c2ccc(S(=O)(=O)NCCOCCOCCOCCN)cc2)C1.N#COCCCCN=C=O. The van der Waals surface area contributed by atoms with Gasteiger partial charge in [0.05, 0.1) is 133 Å². The molecule has 0 bridgehead atoms. The zero-order chi connectivity index (χ0) is 92.3. The summed E-state index contributed by atoms with van der Waals surface area (Å²) in [6.07, 6.45) is 9.72. The summed E-state index contributed by atoms with van der Waals surface area (Å²) in [5.74, 6) is 0.502. The summed E-state index contributed by atoms with van der Waals surface area (Å²) in [6.45, 7) is 18.7. The number of carbonyl (C=O) groups excluding carboxylic acids is 3. The van der Waals surface area contributed by atoms with E-state index < -0.39 is 29.9 Å². The number of hydrogen-bond donors (Lipinski definition) is 5. The van der Waals surface area contributed by atoms with Gasteiger partial charge in [0.25, 0.3) is 6.26 Å². The summed E-state index contributed by atoms with van der Waals surface area (Å²) in [7, 11) is -4.60. The van der Waals surface area contributed by atoms with E-state index in [-0.39, 0.29) is 65.6 Å². The summed E-state index contributed by atoms with van der Waals surface area (Å²) in [4.78, 5) is 43.4. The number of carbonyl (C=O) groups is 2. The lowest BCUT2D eigenvalue weighted by molar-refractivity contribution is -0.119. The van der Waals surface area contributed by atoms with E-state index in [0.717, 1.165) is 128 Å². The average molecular weight is 1950 g/mol. The van der Waals surface area contributed by atoms with Crippen LogP contribution in [-0.4, -0.2) is 269 Å². The zero-order valence-corrected chi connectivity index (χ0v) is 80.2. The minimum absolute atomic E-state index is 0.0261. The van der Waals surface area contributed by atoms with Gasteiger partial charge in [0.2, 0.25) is 26.1 Å². The van der Waals surface area contributed by atoms with Crippen LogP contribution in [0.15, 0.2) is 129 Å². The van der Waals surface area contributed by atoms with E-state index in [4.69, 9.17) is 123 Å². The van der Waals surface area contributed by atoms with Crippen LogP contribution < -0.4 is 25.8 Å². The highest BCUT2D eigenvalue weighted by molar-refractivity contribution is 7.91.